The Bertz CT molecular complexity index is 835. The molecule has 0 saturated carbocycles. The molecule has 2 aromatic rings. The number of nitrogens with zero attached hydrogens (tertiary/aromatic N) is 1. The summed E-state index contributed by atoms with van der Waals surface area (Å²) in [6, 6.07) is 16.7. The van der Waals surface area contributed by atoms with Crippen LogP contribution in [0.1, 0.15) is 25.0 Å². The molecule has 0 heterocycles. The van der Waals surface area contributed by atoms with Crippen LogP contribution >= 0.6 is 0 Å². The molecule has 1 amide bonds. The van der Waals surface area contributed by atoms with Gasteiger partial charge in [0.25, 0.3) is 0 Å². The van der Waals surface area contributed by atoms with E-state index in [2.05, 4.69) is 36.2 Å². The molecule has 0 saturated heterocycles. The summed E-state index contributed by atoms with van der Waals surface area (Å²) in [4.78, 5) is 14.5. The highest BCUT2D eigenvalue weighted by Crippen LogP contribution is 2.09. The number of nitrogens with two attached hydrogens (primary N) is 1. The standard InChI is InChI=1S/C20H27N3O3S/c1-16(2)23(14-18-6-4-3-5-7-18)15-20(24)22-13-12-17-8-10-19(11-9-17)27(21,25)26/h3-11,16H,12-15H2,1-2H3,(H,22,24)(H2,21,25,26). The van der Waals surface area contributed by atoms with Crippen molar-refractivity contribution in [3.8, 4) is 0 Å². The van der Waals surface area contributed by atoms with E-state index in [4.69, 9.17) is 5.14 Å². The van der Waals surface area contributed by atoms with Crippen molar-refractivity contribution >= 4 is 15.9 Å². The molecule has 0 atom stereocenters. The van der Waals surface area contributed by atoms with Crippen LogP contribution in [0.2, 0.25) is 0 Å². The predicted molar refractivity (Wildman–Crippen MR) is 107 cm³/mol. The Kier molecular flexibility index (Phi) is 7.53. The second-order valence-corrected chi connectivity index (χ2v) is 8.33. The van der Waals surface area contributed by atoms with Gasteiger partial charge in [0.05, 0.1) is 11.4 Å². The Morgan fingerprint density at radius 2 is 1.67 bits per heavy atom. The third kappa shape index (κ3) is 7.13. The van der Waals surface area contributed by atoms with Crippen LogP contribution in [0.15, 0.2) is 59.5 Å². The minimum Gasteiger partial charge on any atom is -0.355 e. The third-order valence-corrected chi connectivity index (χ3v) is 5.22. The minimum absolute atomic E-state index is 0.0270. The first-order chi connectivity index (χ1) is 12.8. The molecule has 0 aliphatic rings. The van der Waals surface area contributed by atoms with Crippen molar-refractivity contribution in [2.45, 2.75) is 37.8 Å². The highest BCUT2D eigenvalue weighted by molar-refractivity contribution is 7.89. The van der Waals surface area contributed by atoms with Gasteiger partial charge >= 0.3 is 0 Å². The van der Waals surface area contributed by atoms with Crippen LogP contribution in [0, 0.1) is 0 Å². The van der Waals surface area contributed by atoms with Crippen molar-refractivity contribution in [2.24, 2.45) is 5.14 Å². The first kappa shape index (κ1) is 21.1. The second kappa shape index (κ2) is 9.64. The molecule has 6 nitrogen and oxygen atoms in total. The fourth-order valence-electron chi connectivity index (χ4n) is 2.67. The lowest BCUT2D eigenvalue weighted by molar-refractivity contribution is -0.122. The number of nitrogens with one attached hydrogen (secondary N) is 1. The minimum atomic E-state index is -3.68. The fraction of sp³-hybridized carbons (Fsp3) is 0.350. The van der Waals surface area contributed by atoms with Crippen LogP contribution in [-0.2, 0) is 27.8 Å². The Balaban J connectivity index is 1.82. The summed E-state index contributed by atoms with van der Waals surface area (Å²) in [7, 11) is -3.68. The van der Waals surface area contributed by atoms with E-state index in [1.807, 2.05) is 18.2 Å². The third-order valence-electron chi connectivity index (χ3n) is 4.29. The van der Waals surface area contributed by atoms with E-state index in [0.717, 1.165) is 12.1 Å². The molecule has 3 N–H and O–H groups in total. The highest BCUT2D eigenvalue weighted by atomic mass is 32.2. The Hall–Kier alpha value is -2.22. The van der Waals surface area contributed by atoms with E-state index in [9.17, 15) is 13.2 Å². The van der Waals surface area contributed by atoms with Gasteiger partial charge in [0.15, 0.2) is 0 Å². The largest absolute Gasteiger partial charge is 0.355 e. The average molecular weight is 390 g/mol. The zero-order valence-corrected chi connectivity index (χ0v) is 16.6. The van der Waals surface area contributed by atoms with E-state index in [1.165, 1.54) is 17.7 Å². The van der Waals surface area contributed by atoms with E-state index in [1.54, 1.807) is 12.1 Å². The quantitative estimate of drug-likeness (QED) is 0.685. The van der Waals surface area contributed by atoms with Crippen molar-refractivity contribution in [3.63, 3.8) is 0 Å². The molecule has 0 radical (unpaired) electrons. The Morgan fingerprint density at radius 1 is 1.04 bits per heavy atom. The molecule has 0 aromatic heterocycles. The lowest BCUT2D eigenvalue weighted by Crippen LogP contribution is -2.40. The van der Waals surface area contributed by atoms with Gasteiger partial charge < -0.3 is 5.32 Å². The molecular formula is C20H27N3O3S. The van der Waals surface area contributed by atoms with E-state index in [-0.39, 0.29) is 16.8 Å². The lowest BCUT2D eigenvalue weighted by Gasteiger charge is -2.26. The molecule has 0 bridgehead atoms. The van der Waals surface area contributed by atoms with Crippen molar-refractivity contribution < 1.29 is 13.2 Å². The Labute approximate surface area is 161 Å². The number of rotatable bonds is 9. The number of hydrogen-bond donors (Lipinski definition) is 2. The van der Waals surface area contributed by atoms with Crippen molar-refractivity contribution in [1.82, 2.24) is 10.2 Å². The van der Waals surface area contributed by atoms with E-state index < -0.39 is 10.0 Å². The van der Waals surface area contributed by atoms with Crippen molar-refractivity contribution in [1.29, 1.82) is 0 Å². The van der Waals surface area contributed by atoms with Gasteiger partial charge in [-0.1, -0.05) is 42.5 Å². The van der Waals surface area contributed by atoms with Crippen LogP contribution < -0.4 is 10.5 Å². The molecule has 0 unspecified atom stereocenters. The second-order valence-electron chi connectivity index (χ2n) is 6.77. The smallest absolute Gasteiger partial charge is 0.238 e. The van der Waals surface area contributed by atoms with Crippen molar-refractivity contribution in [2.75, 3.05) is 13.1 Å². The number of sulfonamides is 1. The first-order valence-corrected chi connectivity index (χ1v) is 10.5. The molecule has 0 aliphatic carbocycles. The number of benzene rings is 2. The topological polar surface area (TPSA) is 92.5 Å². The number of amides is 1. The molecule has 7 heteroatoms. The van der Waals surface area contributed by atoms with Gasteiger partial charge in [-0.3, -0.25) is 9.69 Å². The molecule has 0 spiro atoms. The molecule has 2 rings (SSSR count). The van der Waals surface area contributed by atoms with Crippen LogP contribution in [0.5, 0.6) is 0 Å². The summed E-state index contributed by atoms with van der Waals surface area (Å²) in [5, 5.41) is 8.01. The monoisotopic (exact) mass is 389 g/mol. The van der Waals surface area contributed by atoms with Crippen molar-refractivity contribution in [3.05, 3.63) is 65.7 Å². The first-order valence-electron chi connectivity index (χ1n) is 8.92. The number of carbonyl (C=O) groups is 1. The average Bonchev–Trinajstić information content (AvgIpc) is 2.61. The summed E-state index contributed by atoms with van der Waals surface area (Å²) in [6.45, 7) is 5.69. The normalized spacial score (nSPS) is 11.7. The Morgan fingerprint density at radius 3 is 2.22 bits per heavy atom. The SMILES string of the molecule is CC(C)N(CC(=O)NCCc1ccc(S(N)(=O)=O)cc1)Cc1ccccc1. The van der Waals surface area contributed by atoms with Gasteiger partial charge in [-0.15, -0.1) is 0 Å². The summed E-state index contributed by atoms with van der Waals surface area (Å²) < 4.78 is 22.5. The molecule has 2 aromatic carbocycles. The number of hydrogen-bond acceptors (Lipinski definition) is 4. The highest BCUT2D eigenvalue weighted by Gasteiger charge is 2.14. The zero-order valence-electron chi connectivity index (χ0n) is 15.8. The van der Waals surface area contributed by atoms with Gasteiger partial charge in [0.1, 0.15) is 0 Å². The maximum Gasteiger partial charge on any atom is 0.238 e. The van der Waals surface area contributed by atoms with Crippen LogP contribution in [-0.4, -0.2) is 38.4 Å². The van der Waals surface area contributed by atoms with Crippen LogP contribution in [0.3, 0.4) is 0 Å². The van der Waals surface area contributed by atoms with Gasteiger partial charge in [-0.2, -0.15) is 0 Å². The van der Waals surface area contributed by atoms with E-state index in [0.29, 0.717) is 19.5 Å². The maximum atomic E-state index is 12.3. The molecule has 146 valence electrons. The van der Waals surface area contributed by atoms with Crippen LogP contribution in [0.25, 0.3) is 0 Å². The summed E-state index contributed by atoms with van der Waals surface area (Å²) in [5.41, 5.74) is 2.11. The lowest BCUT2D eigenvalue weighted by atomic mass is 10.1. The maximum absolute atomic E-state index is 12.3. The number of carbonyl (C=O) groups excluding carboxylic acids is 1. The number of primary sulfonamides is 1. The summed E-state index contributed by atoms with van der Waals surface area (Å²) >= 11 is 0. The molecule has 0 fully saturated rings. The van der Waals surface area contributed by atoms with Gasteiger partial charge in [0.2, 0.25) is 15.9 Å². The van der Waals surface area contributed by atoms with Gasteiger partial charge in [-0.25, -0.2) is 13.6 Å². The van der Waals surface area contributed by atoms with Gasteiger partial charge in [0, 0.05) is 19.1 Å². The molecule has 27 heavy (non-hydrogen) atoms. The van der Waals surface area contributed by atoms with Gasteiger partial charge in [-0.05, 0) is 43.5 Å². The molecule has 0 aliphatic heterocycles. The van der Waals surface area contributed by atoms with Crippen LogP contribution in [0.4, 0.5) is 0 Å². The summed E-state index contributed by atoms with van der Waals surface area (Å²) in [6.07, 6.45) is 0.622. The molecular weight excluding hydrogens is 362 g/mol. The fourth-order valence-corrected chi connectivity index (χ4v) is 3.19. The predicted octanol–water partition coefficient (Wildman–Crippen LogP) is 1.90. The zero-order chi connectivity index (χ0) is 19.9. The van der Waals surface area contributed by atoms with E-state index >= 15 is 0 Å². The summed E-state index contributed by atoms with van der Waals surface area (Å²) in [5.74, 6) is -0.0270.